The van der Waals surface area contributed by atoms with Gasteiger partial charge in [-0.3, -0.25) is 9.89 Å². The van der Waals surface area contributed by atoms with Gasteiger partial charge in [0, 0.05) is 37.8 Å². The van der Waals surface area contributed by atoms with Crippen LogP contribution in [0, 0.1) is 5.82 Å². The molecule has 2 N–H and O–H groups in total. The van der Waals surface area contributed by atoms with Crippen LogP contribution in [0.3, 0.4) is 0 Å². The Morgan fingerprint density at radius 1 is 1.16 bits per heavy atom. The van der Waals surface area contributed by atoms with E-state index in [1.54, 1.807) is 14.2 Å². The van der Waals surface area contributed by atoms with Gasteiger partial charge in [0.05, 0.1) is 13.2 Å². The topological polar surface area (TPSA) is 52.1 Å². The molecular formula is C25H36FN5O. The fraction of sp³-hybridized carbons (Fsp3) is 0.480. The van der Waals surface area contributed by atoms with E-state index in [1.165, 1.54) is 24.5 Å². The largest absolute Gasteiger partial charge is 0.496 e. The van der Waals surface area contributed by atoms with Gasteiger partial charge in [-0.15, -0.1) is 0 Å². The number of para-hydroxylation sites is 1. The van der Waals surface area contributed by atoms with Gasteiger partial charge in [-0.2, -0.15) is 0 Å². The summed E-state index contributed by atoms with van der Waals surface area (Å²) in [6, 6.07) is 13.7. The van der Waals surface area contributed by atoms with E-state index in [9.17, 15) is 4.39 Å². The summed E-state index contributed by atoms with van der Waals surface area (Å²) in [6.45, 7) is 4.03. The number of hydrogen-bond donors (Lipinski definition) is 2. The molecule has 1 fully saturated rings. The molecule has 0 aliphatic carbocycles. The molecule has 32 heavy (non-hydrogen) atoms. The van der Waals surface area contributed by atoms with Gasteiger partial charge in [-0.1, -0.05) is 24.3 Å². The number of halogens is 1. The molecule has 1 unspecified atom stereocenters. The van der Waals surface area contributed by atoms with E-state index >= 15 is 0 Å². The van der Waals surface area contributed by atoms with Crippen molar-refractivity contribution in [3.05, 3.63) is 65.0 Å². The molecule has 1 atom stereocenters. The van der Waals surface area contributed by atoms with E-state index in [4.69, 9.17) is 4.74 Å². The third kappa shape index (κ3) is 6.43. The number of nitrogens with one attached hydrogen (secondary N) is 2. The van der Waals surface area contributed by atoms with Gasteiger partial charge in [0.15, 0.2) is 5.96 Å². The summed E-state index contributed by atoms with van der Waals surface area (Å²) in [6.07, 6.45) is 2.44. The van der Waals surface area contributed by atoms with Gasteiger partial charge in [0.25, 0.3) is 0 Å². The highest BCUT2D eigenvalue weighted by Gasteiger charge is 2.26. The first kappa shape index (κ1) is 24.0. The Balaban J connectivity index is 1.65. The van der Waals surface area contributed by atoms with Crippen molar-refractivity contribution < 1.29 is 9.13 Å². The molecule has 1 saturated heterocycles. The quantitative estimate of drug-likeness (QED) is 0.462. The zero-order valence-corrected chi connectivity index (χ0v) is 19.7. The van der Waals surface area contributed by atoms with Gasteiger partial charge in [0.1, 0.15) is 11.6 Å². The predicted molar refractivity (Wildman–Crippen MR) is 129 cm³/mol. The van der Waals surface area contributed by atoms with Gasteiger partial charge >= 0.3 is 0 Å². The number of guanidine groups is 1. The minimum absolute atomic E-state index is 0.171. The third-order valence-corrected chi connectivity index (χ3v) is 5.82. The highest BCUT2D eigenvalue weighted by Crippen LogP contribution is 2.31. The third-order valence-electron chi connectivity index (χ3n) is 5.82. The van der Waals surface area contributed by atoms with Gasteiger partial charge in [0.2, 0.25) is 0 Å². The van der Waals surface area contributed by atoms with Crippen LogP contribution < -0.4 is 15.4 Å². The molecule has 0 amide bonds. The Hall–Kier alpha value is -2.64. The molecule has 0 radical (unpaired) electrons. The first-order valence-corrected chi connectivity index (χ1v) is 11.3. The van der Waals surface area contributed by atoms with Crippen molar-refractivity contribution >= 4 is 5.96 Å². The van der Waals surface area contributed by atoms with E-state index in [0.717, 1.165) is 36.9 Å². The van der Waals surface area contributed by atoms with E-state index in [-0.39, 0.29) is 11.9 Å². The second-order valence-corrected chi connectivity index (χ2v) is 8.47. The number of benzene rings is 2. The maximum absolute atomic E-state index is 14.1. The van der Waals surface area contributed by atoms with E-state index < -0.39 is 0 Å². The van der Waals surface area contributed by atoms with Crippen LogP contribution in [0.5, 0.6) is 5.75 Å². The summed E-state index contributed by atoms with van der Waals surface area (Å²) in [4.78, 5) is 8.86. The van der Waals surface area contributed by atoms with Crippen molar-refractivity contribution in [3.8, 4) is 5.75 Å². The Morgan fingerprint density at radius 3 is 2.59 bits per heavy atom. The lowest BCUT2D eigenvalue weighted by Crippen LogP contribution is -2.42. The molecule has 1 heterocycles. The van der Waals surface area contributed by atoms with Crippen LogP contribution in [0.2, 0.25) is 0 Å². The molecule has 2 aromatic carbocycles. The maximum Gasteiger partial charge on any atom is 0.191 e. The molecular weight excluding hydrogens is 405 g/mol. The van der Waals surface area contributed by atoms with Crippen molar-refractivity contribution in [2.45, 2.75) is 32.0 Å². The molecule has 0 bridgehead atoms. The number of methoxy groups -OCH3 is 1. The number of nitrogens with zero attached hydrogens (tertiary/aromatic N) is 3. The van der Waals surface area contributed by atoms with Crippen LogP contribution in [0.4, 0.5) is 4.39 Å². The van der Waals surface area contributed by atoms with Crippen LogP contribution >= 0.6 is 0 Å². The summed E-state index contributed by atoms with van der Waals surface area (Å²) in [5, 5.41) is 6.85. The average molecular weight is 442 g/mol. The minimum Gasteiger partial charge on any atom is -0.496 e. The average Bonchev–Trinajstić information content (AvgIpc) is 3.32. The molecule has 174 valence electrons. The molecule has 3 rings (SSSR count). The molecule has 1 aliphatic heterocycles. The number of ether oxygens (including phenoxy) is 1. The highest BCUT2D eigenvalue weighted by atomic mass is 19.1. The fourth-order valence-electron chi connectivity index (χ4n) is 4.23. The van der Waals surface area contributed by atoms with Gasteiger partial charge in [-0.25, -0.2) is 4.39 Å². The molecule has 2 aromatic rings. The second kappa shape index (κ2) is 11.8. The number of likely N-dealkylation sites (tertiary alicyclic amines) is 1. The molecule has 0 aromatic heterocycles. The number of aliphatic imine (C=N–C) groups is 1. The summed E-state index contributed by atoms with van der Waals surface area (Å²) in [5.74, 6) is 1.46. The molecule has 1 aliphatic rings. The molecule has 0 saturated carbocycles. The van der Waals surface area contributed by atoms with Crippen LogP contribution in [0.25, 0.3) is 0 Å². The predicted octanol–water partition coefficient (Wildman–Crippen LogP) is 3.40. The van der Waals surface area contributed by atoms with Crippen LogP contribution in [0.1, 0.15) is 35.6 Å². The van der Waals surface area contributed by atoms with E-state index in [2.05, 4.69) is 32.7 Å². The molecule has 6 nitrogen and oxygen atoms in total. The maximum atomic E-state index is 14.1. The Labute approximate surface area is 191 Å². The fourth-order valence-corrected chi connectivity index (χ4v) is 4.23. The first-order chi connectivity index (χ1) is 15.5. The Bertz CT molecular complexity index is 896. The van der Waals surface area contributed by atoms with E-state index in [0.29, 0.717) is 18.7 Å². The lowest BCUT2D eigenvalue weighted by molar-refractivity contribution is 0.239. The SMILES string of the molecule is CN=C(NCc1ccc(F)c(CN(C)C)c1)NCC(c1ccccc1OC)N1CCCC1. The first-order valence-electron chi connectivity index (χ1n) is 11.3. The monoisotopic (exact) mass is 441 g/mol. The Morgan fingerprint density at radius 2 is 1.91 bits per heavy atom. The van der Waals surface area contributed by atoms with Crippen LogP contribution in [-0.4, -0.2) is 63.6 Å². The smallest absolute Gasteiger partial charge is 0.191 e. The number of rotatable bonds is 9. The zero-order chi connectivity index (χ0) is 22.9. The lowest BCUT2D eigenvalue weighted by atomic mass is 10.0. The summed E-state index contributed by atoms with van der Waals surface area (Å²) >= 11 is 0. The normalized spacial score (nSPS) is 15.8. The van der Waals surface area contributed by atoms with Crippen molar-refractivity contribution in [3.63, 3.8) is 0 Å². The van der Waals surface area contributed by atoms with E-state index in [1.807, 2.05) is 43.3 Å². The van der Waals surface area contributed by atoms with Crippen LogP contribution in [-0.2, 0) is 13.1 Å². The zero-order valence-electron chi connectivity index (χ0n) is 19.7. The number of hydrogen-bond acceptors (Lipinski definition) is 4. The molecule has 0 spiro atoms. The van der Waals surface area contributed by atoms with Crippen molar-refractivity contribution in [1.82, 2.24) is 20.4 Å². The van der Waals surface area contributed by atoms with Crippen LogP contribution in [0.15, 0.2) is 47.5 Å². The minimum atomic E-state index is -0.171. The summed E-state index contributed by atoms with van der Waals surface area (Å²) in [7, 11) is 7.37. The van der Waals surface area contributed by atoms with Crippen molar-refractivity contribution in [2.75, 3.05) is 47.9 Å². The van der Waals surface area contributed by atoms with Gasteiger partial charge < -0.3 is 20.3 Å². The van der Waals surface area contributed by atoms with Crippen molar-refractivity contribution in [2.24, 2.45) is 4.99 Å². The second-order valence-electron chi connectivity index (χ2n) is 8.47. The standard InChI is InChI=1S/C25H36FN5O/c1-27-25(28-16-19-11-12-22(26)20(15-19)18-30(2)3)29-17-23(31-13-7-8-14-31)21-9-5-6-10-24(21)32-4/h5-6,9-12,15,23H,7-8,13-14,16-18H2,1-4H3,(H2,27,28,29). The summed E-state index contributed by atoms with van der Waals surface area (Å²) < 4.78 is 19.7. The lowest BCUT2D eigenvalue weighted by Gasteiger charge is -2.30. The van der Waals surface area contributed by atoms with Crippen molar-refractivity contribution in [1.29, 1.82) is 0 Å². The highest BCUT2D eigenvalue weighted by molar-refractivity contribution is 5.79. The Kier molecular flexibility index (Phi) is 8.88. The molecule has 7 heteroatoms. The van der Waals surface area contributed by atoms with Gasteiger partial charge in [-0.05, 0) is 63.8 Å². The summed E-state index contributed by atoms with van der Waals surface area (Å²) in [5.41, 5.74) is 2.90.